The Balaban J connectivity index is 1.74. The molecule has 1 aromatic heterocycles. The molecule has 160 valence electrons. The first-order valence-corrected chi connectivity index (χ1v) is 10.6. The summed E-state index contributed by atoms with van der Waals surface area (Å²) in [5.41, 5.74) is 2.50. The lowest BCUT2D eigenvalue weighted by atomic mass is 9.95. The number of anilines is 2. The van der Waals surface area contributed by atoms with Gasteiger partial charge < -0.3 is 15.7 Å². The third-order valence-electron chi connectivity index (χ3n) is 4.99. The molecule has 9 heteroatoms. The normalized spacial score (nSPS) is 15.4. The zero-order valence-corrected chi connectivity index (χ0v) is 18.4. The number of rotatable bonds is 6. The molecule has 1 atom stereocenters. The van der Waals surface area contributed by atoms with Crippen molar-refractivity contribution in [2.45, 2.75) is 25.8 Å². The molecule has 0 bridgehead atoms. The topological polar surface area (TPSA) is 92.1 Å². The van der Waals surface area contributed by atoms with Crippen LogP contribution in [0.25, 0.3) is 0 Å². The van der Waals surface area contributed by atoms with Gasteiger partial charge in [0, 0.05) is 28.9 Å². The predicted molar refractivity (Wildman–Crippen MR) is 119 cm³/mol. The molecule has 4 rings (SSSR count). The molecule has 3 N–H and O–H groups in total. The zero-order chi connectivity index (χ0) is 22.0. The van der Waals surface area contributed by atoms with E-state index in [0.29, 0.717) is 41.6 Å². The Bertz CT molecular complexity index is 1130. The van der Waals surface area contributed by atoms with Crippen LogP contribution in [-0.2, 0) is 11.2 Å². The Morgan fingerprint density at radius 1 is 1.23 bits per heavy atom. The molecule has 0 radical (unpaired) electrons. The smallest absolute Gasteiger partial charge is 0.255 e. The van der Waals surface area contributed by atoms with Crippen LogP contribution in [0, 0.1) is 5.82 Å². The van der Waals surface area contributed by atoms with E-state index < -0.39 is 6.04 Å². The van der Waals surface area contributed by atoms with Crippen molar-refractivity contribution in [2.24, 2.45) is 0 Å². The van der Waals surface area contributed by atoms with Gasteiger partial charge in [-0.25, -0.2) is 9.07 Å². The second-order valence-corrected chi connectivity index (χ2v) is 8.12. The van der Waals surface area contributed by atoms with Crippen LogP contribution in [0.2, 0.25) is 0 Å². The molecule has 0 saturated carbocycles. The average Bonchev–Trinajstić information content (AvgIpc) is 3.15. The highest BCUT2D eigenvalue weighted by atomic mass is 79.9. The molecule has 0 spiro atoms. The van der Waals surface area contributed by atoms with E-state index in [1.165, 1.54) is 24.3 Å². The number of nitrogens with one attached hydrogen (secondary N) is 2. The van der Waals surface area contributed by atoms with Gasteiger partial charge in [-0.2, -0.15) is 10.1 Å². The number of aromatic nitrogens is 3. The van der Waals surface area contributed by atoms with Gasteiger partial charge in [-0.05, 0) is 55.3 Å². The number of carbonyl (C=O) groups is 1. The van der Waals surface area contributed by atoms with E-state index in [-0.39, 0.29) is 18.3 Å². The van der Waals surface area contributed by atoms with E-state index in [0.717, 1.165) is 10.0 Å². The molecule has 1 amide bonds. The summed E-state index contributed by atoms with van der Waals surface area (Å²) in [6, 6.07) is 12.8. The highest BCUT2D eigenvalue weighted by Gasteiger charge is 2.34. The lowest BCUT2D eigenvalue weighted by Gasteiger charge is -2.28. The van der Waals surface area contributed by atoms with E-state index in [9.17, 15) is 9.18 Å². The van der Waals surface area contributed by atoms with E-state index >= 15 is 0 Å². The first-order chi connectivity index (χ1) is 15.0. The molecule has 31 heavy (non-hydrogen) atoms. The SMILES string of the molecule is CC1=C(C(=O)Nc2ccc(F)cc2)C(c2ccc(Br)cc2)n2nc(CCCO)nc2N1. The van der Waals surface area contributed by atoms with Crippen LogP contribution in [0.3, 0.4) is 0 Å². The lowest BCUT2D eigenvalue weighted by Crippen LogP contribution is -2.31. The van der Waals surface area contributed by atoms with E-state index in [2.05, 4.69) is 36.6 Å². The molecule has 1 aliphatic rings. The van der Waals surface area contributed by atoms with Crippen molar-refractivity contribution in [3.63, 3.8) is 0 Å². The minimum Gasteiger partial charge on any atom is -0.396 e. The summed E-state index contributed by atoms with van der Waals surface area (Å²) in [4.78, 5) is 17.8. The van der Waals surface area contributed by atoms with Crippen LogP contribution >= 0.6 is 15.9 Å². The molecular weight excluding hydrogens is 465 g/mol. The quantitative estimate of drug-likeness (QED) is 0.490. The van der Waals surface area contributed by atoms with Crippen molar-refractivity contribution in [1.29, 1.82) is 0 Å². The standard InChI is InChI=1S/C22H21BrFN5O2/c1-13-19(21(31)26-17-10-8-16(24)9-11-17)20(14-4-6-15(23)7-5-14)29-22(25-13)27-18(28-29)3-2-12-30/h4-11,20,30H,2-3,12H2,1H3,(H,26,31)(H,25,27,28). The second kappa shape index (κ2) is 8.99. The molecule has 3 aromatic rings. The second-order valence-electron chi connectivity index (χ2n) is 7.20. The molecule has 0 aliphatic carbocycles. The van der Waals surface area contributed by atoms with Gasteiger partial charge in [-0.3, -0.25) is 4.79 Å². The van der Waals surface area contributed by atoms with Gasteiger partial charge in [0.15, 0.2) is 5.82 Å². The number of amides is 1. The van der Waals surface area contributed by atoms with Crippen molar-refractivity contribution < 1.29 is 14.3 Å². The first kappa shape index (κ1) is 21.2. The molecular formula is C22H21BrFN5O2. The van der Waals surface area contributed by atoms with Crippen LogP contribution in [0.15, 0.2) is 64.3 Å². The minimum atomic E-state index is -0.500. The fraction of sp³-hybridized carbons (Fsp3) is 0.227. The number of hydrogen-bond donors (Lipinski definition) is 3. The van der Waals surface area contributed by atoms with Crippen LogP contribution in [0.1, 0.15) is 30.8 Å². The van der Waals surface area contributed by atoms with Gasteiger partial charge in [0.25, 0.3) is 5.91 Å². The number of carbonyl (C=O) groups excluding carboxylic acids is 1. The maximum Gasteiger partial charge on any atom is 0.255 e. The van der Waals surface area contributed by atoms with Gasteiger partial charge in [0.2, 0.25) is 5.95 Å². The molecule has 7 nitrogen and oxygen atoms in total. The number of aliphatic hydroxyl groups is 1. The maximum atomic E-state index is 13.3. The van der Waals surface area contributed by atoms with Crippen LogP contribution in [0.5, 0.6) is 0 Å². The number of halogens is 2. The first-order valence-electron chi connectivity index (χ1n) is 9.82. The number of aryl methyl sites for hydroxylation is 1. The highest BCUT2D eigenvalue weighted by molar-refractivity contribution is 9.10. The summed E-state index contributed by atoms with van der Waals surface area (Å²) < 4.78 is 15.9. The fourth-order valence-electron chi connectivity index (χ4n) is 3.52. The Morgan fingerprint density at radius 3 is 2.61 bits per heavy atom. The highest BCUT2D eigenvalue weighted by Crippen LogP contribution is 2.36. The summed E-state index contributed by atoms with van der Waals surface area (Å²) in [5, 5.41) is 19.8. The van der Waals surface area contributed by atoms with Crippen molar-refractivity contribution in [3.05, 3.63) is 81.5 Å². The summed E-state index contributed by atoms with van der Waals surface area (Å²) >= 11 is 3.45. The number of allylic oxidation sites excluding steroid dienone is 1. The third kappa shape index (κ3) is 4.52. The van der Waals surface area contributed by atoms with E-state index in [1.807, 2.05) is 31.2 Å². The van der Waals surface area contributed by atoms with Gasteiger partial charge in [-0.15, -0.1) is 0 Å². The van der Waals surface area contributed by atoms with Crippen molar-refractivity contribution in [2.75, 3.05) is 17.2 Å². The largest absolute Gasteiger partial charge is 0.396 e. The number of nitrogens with zero attached hydrogens (tertiary/aromatic N) is 3. The minimum absolute atomic E-state index is 0.0516. The fourth-order valence-corrected chi connectivity index (χ4v) is 3.78. The number of fused-ring (bicyclic) bond motifs is 1. The van der Waals surface area contributed by atoms with Crippen LogP contribution in [0.4, 0.5) is 16.0 Å². The van der Waals surface area contributed by atoms with Crippen molar-refractivity contribution >= 4 is 33.5 Å². The molecule has 0 saturated heterocycles. The summed E-state index contributed by atoms with van der Waals surface area (Å²) in [5.74, 6) is 0.439. The number of hydrogen-bond acceptors (Lipinski definition) is 5. The number of aliphatic hydroxyl groups excluding tert-OH is 1. The Morgan fingerprint density at radius 2 is 1.94 bits per heavy atom. The Labute approximate surface area is 187 Å². The summed E-state index contributed by atoms with van der Waals surface area (Å²) in [6.45, 7) is 1.87. The average molecular weight is 486 g/mol. The molecule has 1 aliphatic heterocycles. The van der Waals surface area contributed by atoms with Crippen molar-refractivity contribution in [1.82, 2.24) is 14.8 Å². The van der Waals surface area contributed by atoms with E-state index in [1.54, 1.807) is 4.68 Å². The monoisotopic (exact) mass is 485 g/mol. The molecule has 1 unspecified atom stereocenters. The Kier molecular flexibility index (Phi) is 6.15. The maximum absolute atomic E-state index is 13.3. The third-order valence-corrected chi connectivity index (χ3v) is 5.52. The van der Waals surface area contributed by atoms with Gasteiger partial charge in [0.05, 0.1) is 5.57 Å². The number of benzene rings is 2. The lowest BCUT2D eigenvalue weighted by molar-refractivity contribution is -0.113. The molecule has 2 heterocycles. The Hall–Kier alpha value is -3.04. The van der Waals surface area contributed by atoms with E-state index in [4.69, 9.17) is 5.11 Å². The van der Waals surface area contributed by atoms with Gasteiger partial charge >= 0.3 is 0 Å². The molecule has 0 fully saturated rings. The summed E-state index contributed by atoms with van der Waals surface area (Å²) in [6.07, 6.45) is 1.08. The molecule has 2 aromatic carbocycles. The zero-order valence-electron chi connectivity index (χ0n) is 16.8. The summed E-state index contributed by atoms with van der Waals surface area (Å²) in [7, 11) is 0. The van der Waals surface area contributed by atoms with Crippen LogP contribution < -0.4 is 10.6 Å². The van der Waals surface area contributed by atoms with Crippen LogP contribution in [-0.4, -0.2) is 32.4 Å². The van der Waals surface area contributed by atoms with Gasteiger partial charge in [-0.1, -0.05) is 28.1 Å². The van der Waals surface area contributed by atoms with Gasteiger partial charge in [0.1, 0.15) is 11.9 Å². The predicted octanol–water partition coefficient (Wildman–Crippen LogP) is 4.03. The van der Waals surface area contributed by atoms with Crippen molar-refractivity contribution in [3.8, 4) is 0 Å².